The molecule has 0 aromatic heterocycles. The predicted octanol–water partition coefficient (Wildman–Crippen LogP) is 6.58. The second-order valence-electron chi connectivity index (χ2n) is 13.2. The number of rotatable bonds is 8. The second kappa shape index (κ2) is 11.0. The van der Waals surface area contributed by atoms with E-state index in [1.165, 1.54) is 24.8 Å². The molecule has 6 heteroatoms. The van der Waals surface area contributed by atoms with Crippen LogP contribution >= 0.6 is 0 Å². The lowest BCUT2D eigenvalue weighted by molar-refractivity contribution is -0.0136. The molecule has 0 spiro atoms. The predicted molar refractivity (Wildman–Crippen MR) is 154 cm³/mol. The maximum atomic E-state index is 13.2. The molecule has 39 heavy (non-hydrogen) atoms. The summed E-state index contributed by atoms with van der Waals surface area (Å²) in [5.74, 6) is 3.12. The van der Waals surface area contributed by atoms with Crippen LogP contribution in [-0.2, 0) is 12.8 Å². The van der Waals surface area contributed by atoms with Crippen molar-refractivity contribution in [1.82, 2.24) is 10.6 Å². The van der Waals surface area contributed by atoms with E-state index in [0.717, 1.165) is 87.0 Å². The van der Waals surface area contributed by atoms with Gasteiger partial charge in [0.1, 0.15) is 11.6 Å². The van der Waals surface area contributed by atoms with Crippen molar-refractivity contribution in [2.45, 2.75) is 89.1 Å². The summed E-state index contributed by atoms with van der Waals surface area (Å²) in [6.45, 7) is 3.89. The number of phenolic OH excluding ortho intramolecular Hbond substituents is 1. The molecule has 5 aliphatic rings. The molecule has 4 bridgehead atoms. The van der Waals surface area contributed by atoms with E-state index in [2.05, 4.69) is 22.5 Å². The number of phenols is 1. The highest BCUT2D eigenvalue weighted by Crippen LogP contribution is 2.55. The molecule has 1 atom stereocenters. The Morgan fingerprint density at radius 2 is 1.67 bits per heavy atom. The van der Waals surface area contributed by atoms with Gasteiger partial charge in [-0.1, -0.05) is 31.2 Å². The van der Waals surface area contributed by atoms with E-state index in [0.29, 0.717) is 18.1 Å². The van der Waals surface area contributed by atoms with Crippen LogP contribution in [0.5, 0.6) is 5.75 Å². The first-order valence-electron chi connectivity index (χ1n) is 15.3. The number of hydrogen-bond donors (Lipinski definition) is 3. The third-order valence-electron chi connectivity index (χ3n) is 10.2. The van der Waals surface area contributed by atoms with E-state index in [9.17, 15) is 14.3 Å². The number of anilines is 1. The third kappa shape index (κ3) is 5.90. The Labute approximate surface area is 232 Å². The van der Waals surface area contributed by atoms with Gasteiger partial charge in [-0.05, 0) is 124 Å². The number of carbonyl (C=O) groups excluding carboxylic acids is 1. The van der Waals surface area contributed by atoms with Crippen molar-refractivity contribution in [3.63, 3.8) is 0 Å². The number of nitrogens with one attached hydrogen (secondary N) is 2. The maximum Gasteiger partial charge on any atom is 0.315 e. The zero-order valence-electron chi connectivity index (χ0n) is 23.3. The Hall–Kier alpha value is -2.76. The van der Waals surface area contributed by atoms with Crippen LogP contribution in [-0.4, -0.2) is 35.8 Å². The zero-order valence-corrected chi connectivity index (χ0v) is 23.3. The number of piperidine rings is 1. The topological polar surface area (TPSA) is 64.6 Å². The van der Waals surface area contributed by atoms with Gasteiger partial charge in [0.25, 0.3) is 0 Å². The summed E-state index contributed by atoms with van der Waals surface area (Å²) in [6.07, 6.45) is 12.0. The van der Waals surface area contributed by atoms with Crippen LogP contribution in [0.2, 0.25) is 0 Å². The van der Waals surface area contributed by atoms with Crippen LogP contribution in [0.4, 0.5) is 14.9 Å². The zero-order chi connectivity index (χ0) is 27.0. The monoisotopic (exact) mass is 533 g/mol. The van der Waals surface area contributed by atoms with Gasteiger partial charge in [-0.3, -0.25) is 0 Å². The van der Waals surface area contributed by atoms with Gasteiger partial charge in [-0.25, -0.2) is 9.18 Å². The van der Waals surface area contributed by atoms with Gasteiger partial charge in [-0.2, -0.15) is 0 Å². The molecule has 3 N–H and O–H groups in total. The van der Waals surface area contributed by atoms with Crippen molar-refractivity contribution in [1.29, 1.82) is 0 Å². The van der Waals surface area contributed by atoms with Crippen LogP contribution in [0.1, 0.15) is 75.8 Å². The summed E-state index contributed by atoms with van der Waals surface area (Å²) < 4.78 is 13.2. The summed E-state index contributed by atoms with van der Waals surface area (Å²) >= 11 is 0. The molecule has 2 aromatic carbocycles. The van der Waals surface area contributed by atoms with Gasteiger partial charge >= 0.3 is 6.03 Å². The number of urea groups is 1. The van der Waals surface area contributed by atoms with Crippen molar-refractivity contribution < 1.29 is 14.3 Å². The summed E-state index contributed by atoms with van der Waals surface area (Å²) in [5, 5.41) is 17.9. The lowest BCUT2D eigenvalue weighted by Gasteiger charge is -2.56. The van der Waals surface area contributed by atoms with Crippen molar-refractivity contribution in [3.05, 3.63) is 59.4 Å². The van der Waals surface area contributed by atoms with Crippen molar-refractivity contribution in [2.75, 3.05) is 18.0 Å². The molecule has 0 unspecified atom stereocenters. The summed E-state index contributed by atoms with van der Waals surface area (Å²) in [6, 6.07) is 12.8. The Morgan fingerprint density at radius 1 is 1.03 bits per heavy atom. The highest BCUT2D eigenvalue weighted by atomic mass is 19.1. The molecule has 1 heterocycles. The van der Waals surface area contributed by atoms with Gasteiger partial charge < -0.3 is 20.6 Å². The minimum Gasteiger partial charge on any atom is -0.505 e. The SMILES string of the molecule is CC[C@H](Cc1cccc(N2CCC(Cc3ccc(F)cc3)CC2)c1O)NC(=O)NC12CC3CC(CC(C3)C1)C2. The number of hydrogen-bond acceptors (Lipinski definition) is 3. The highest BCUT2D eigenvalue weighted by molar-refractivity contribution is 5.75. The van der Waals surface area contributed by atoms with Gasteiger partial charge in [-0.15, -0.1) is 0 Å². The summed E-state index contributed by atoms with van der Waals surface area (Å²) in [4.78, 5) is 15.4. The van der Waals surface area contributed by atoms with E-state index >= 15 is 0 Å². The first-order valence-corrected chi connectivity index (χ1v) is 15.3. The van der Waals surface area contributed by atoms with E-state index in [1.807, 2.05) is 30.3 Å². The van der Waals surface area contributed by atoms with Gasteiger partial charge in [0.2, 0.25) is 0 Å². The van der Waals surface area contributed by atoms with E-state index in [4.69, 9.17) is 0 Å². The smallest absolute Gasteiger partial charge is 0.315 e. The molecule has 4 saturated carbocycles. The van der Waals surface area contributed by atoms with Gasteiger partial charge in [0.15, 0.2) is 0 Å². The third-order valence-corrected chi connectivity index (χ3v) is 10.2. The fraction of sp³-hybridized carbons (Fsp3) is 0.606. The molecular weight excluding hydrogens is 489 g/mol. The normalized spacial score (nSPS) is 28.9. The average Bonchev–Trinajstić information content (AvgIpc) is 2.90. The number of benzene rings is 2. The molecule has 5 nitrogen and oxygen atoms in total. The lowest BCUT2D eigenvalue weighted by atomic mass is 9.53. The quantitative estimate of drug-likeness (QED) is 0.359. The van der Waals surface area contributed by atoms with Crippen molar-refractivity contribution >= 4 is 11.7 Å². The standard InChI is InChI=1S/C33H44FN3O2/c1-2-29(35-32(39)36-33-19-24-15-25(20-33)17-26(16-24)21-33)18-27-4-3-5-30(31(27)38)37-12-10-23(11-13-37)14-22-6-8-28(34)9-7-22/h3-9,23-26,29,38H,2,10-21H2,1H3,(H2,35,36,39)/t24?,25?,26?,29-,33?/m1/s1. The van der Waals surface area contributed by atoms with E-state index < -0.39 is 0 Å². The van der Waals surface area contributed by atoms with Crippen LogP contribution in [0.25, 0.3) is 0 Å². The summed E-state index contributed by atoms with van der Waals surface area (Å²) in [7, 11) is 0. The highest BCUT2D eigenvalue weighted by Gasteiger charge is 2.51. The molecule has 1 aliphatic heterocycles. The number of carbonyl (C=O) groups is 1. The minimum atomic E-state index is -0.187. The number of amides is 2. The van der Waals surface area contributed by atoms with Crippen molar-refractivity contribution in [2.24, 2.45) is 23.7 Å². The van der Waals surface area contributed by atoms with E-state index in [-0.39, 0.29) is 23.4 Å². The molecule has 4 aliphatic carbocycles. The molecular formula is C33H44FN3O2. The van der Waals surface area contributed by atoms with E-state index in [1.54, 1.807) is 12.1 Å². The number of para-hydroxylation sites is 1. The molecule has 1 saturated heterocycles. The number of nitrogens with zero attached hydrogens (tertiary/aromatic N) is 1. The maximum absolute atomic E-state index is 13.2. The van der Waals surface area contributed by atoms with Crippen LogP contribution in [0.3, 0.4) is 0 Å². The lowest BCUT2D eigenvalue weighted by Crippen LogP contribution is -2.62. The molecule has 2 amide bonds. The number of aromatic hydroxyl groups is 1. The van der Waals surface area contributed by atoms with Crippen molar-refractivity contribution in [3.8, 4) is 5.75 Å². The average molecular weight is 534 g/mol. The first-order chi connectivity index (χ1) is 18.9. The fourth-order valence-corrected chi connectivity index (χ4v) is 8.62. The fourth-order valence-electron chi connectivity index (χ4n) is 8.62. The van der Waals surface area contributed by atoms with Gasteiger partial charge in [0, 0.05) is 24.7 Å². The molecule has 210 valence electrons. The van der Waals surface area contributed by atoms with Crippen LogP contribution in [0, 0.1) is 29.5 Å². The Bertz CT molecular complexity index is 1120. The minimum absolute atomic E-state index is 0.00199. The van der Waals surface area contributed by atoms with Gasteiger partial charge in [0.05, 0.1) is 5.69 Å². The summed E-state index contributed by atoms with van der Waals surface area (Å²) in [5.41, 5.74) is 2.97. The Kier molecular flexibility index (Phi) is 7.47. The number of halogens is 1. The molecule has 5 fully saturated rings. The van der Waals surface area contributed by atoms with Crippen LogP contribution < -0.4 is 15.5 Å². The molecule has 2 aromatic rings. The molecule has 7 rings (SSSR count). The largest absolute Gasteiger partial charge is 0.505 e. The first kappa shape index (κ1) is 26.5. The Balaban J connectivity index is 1.04. The van der Waals surface area contributed by atoms with Crippen LogP contribution in [0.15, 0.2) is 42.5 Å². The second-order valence-corrected chi connectivity index (χ2v) is 13.2. The Morgan fingerprint density at radius 3 is 2.28 bits per heavy atom. The molecule has 0 radical (unpaired) electrons.